The molecule has 2 aliphatic rings. The summed E-state index contributed by atoms with van der Waals surface area (Å²) in [6.45, 7) is 3.19. The second kappa shape index (κ2) is 9.01. The van der Waals surface area contributed by atoms with Crippen molar-refractivity contribution in [3.05, 3.63) is 53.6 Å². The molecular formula is C24H30N2O4S. The minimum Gasteiger partial charge on any atom is -0.496 e. The van der Waals surface area contributed by atoms with Gasteiger partial charge in [-0.2, -0.15) is 4.31 Å². The Morgan fingerprint density at radius 2 is 1.84 bits per heavy atom. The lowest BCUT2D eigenvalue weighted by Crippen LogP contribution is -2.36. The zero-order chi connectivity index (χ0) is 22.0. The van der Waals surface area contributed by atoms with Crippen LogP contribution in [0.1, 0.15) is 43.7 Å². The number of nitrogens with zero attached hydrogens (tertiary/aromatic N) is 2. The summed E-state index contributed by atoms with van der Waals surface area (Å²) in [6, 6.07) is 13.1. The average molecular weight is 443 g/mol. The maximum absolute atomic E-state index is 13.1. The number of ether oxygens (including phenoxy) is 1. The fourth-order valence-electron chi connectivity index (χ4n) is 4.67. The van der Waals surface area contributed by atoms with E-state index in [0.717, 1.165) is 36.9 Å². The molecule has 1 atom stereocenters. The van der Waals surface area contributed by atoms with Crippen molar-refractivity contribution in [3.8, 4) is 5.75 Å². The molecule has 1 saturated heterocycles. The molecule has 0 radical (unpaired) electrons. The number of piperidine rings is 1. The van der Waals surface area contributed by atoms with E-state index in [2.05, 4.69) is 13.0 Å². The van der Waals surface area contributed by atoms with Crippen LogP contribution in [0.4, 0.5) is 5.69 Å². The normalized spacial score (nSPS) is 19.3. The highest BCUT2D eigenvalue weighted by molar-refractivity contribution is 7.89. The molecule has 166 valence electrons. The molecule has 0 unspecified atom stereocenters. The molecule has 1 fully saturated rings. The number of rotatable bonds is 6. The highest BCUT2D eigenvalue weighted by atomic mass is 32.2. The van der Waals surface area contributed by atoms with Crippen LogP contribution in [0.25, 0.3) is 0 Å². The molecule has 31 heavy (non-hydrogen) atoms. The second-order valence-corrected chi connectivity index (χ2v) is 10.3. The van der Waals surface area contributed by atoms with Crippen molar-refractivity contribution in [1.82, 2.24) is 4.31 Å². The molecule has 0 saturated carbocycles. The van der Waals surface area contributed by atoms with Crippen LogP contribution in [0, 0.1) is 0 Å². The van der Waals surface area contributed by atoms with E-state index in [1.165, 1.54) is 5.56 Å². The highest BCUT2D eigenvalue weighted by Crippen LogP contribution is 2.33. The molecule has 0 bridgehead atoms. The van der Waals surface area contributed by atoms with Gasteiger partial charge in [-0.15, -0.1) is 0 Å². The molecule has 4 rings (SSSR count). The Bertz CT molecular complexity index is 1060. The zero-order valence-corrected chi connectivity index (χ0v) is 19.0. The third-order valence-electron chi connectivity index (χ3n) is 6.29. The molecule has 0 spiro atoms. The number of carbonyl (C=O) groups excluding carboxylic acids is 1. The van der Waals surface area contributed by atoms with Gasteiger partial charge in [0.05, 0.1) is 12.0 Å². The summed E-state index contributed by atoms with van der Waals surface area (Å²) in [4.78, 5) is 15.2. The van der Waals surface area contributed by atoms with Crippen LogP contribution in [-0.2, 0) is 27.7 Å². The predicted octanol–water partition coefficient (Wildman–Crippen LogP) is 3.78. The van der Waals surface area contributed by atoms with E-state index in [0.29, 0.717) is 31.7 Å². The number of methoxy groups -OCH3 is 1. The monoisotopic (exact) mass is 442 g/mol. The summed E-state index contributed by atoms with van der Waals surface area (Å²) in [6.07, 6.45) is 4.44. The maximum atomic E-state index is 13.1. The van der Waals surface area contributed by atoms with Gasteiger partial charge >= 0.3 is 0 Å². The van der Waals surface area contributed by atoms with Crippen molar-refractivity contribution in [2.75, 3.05) is 25.1 Å². The third kappa shape index (κ3) is 4.34. The first kappa shape index (κ1) is 21.8. The number of benzene rings is 2. The smallest absolute Gasteiger partial charge is 0.243 e. The Kier molecular flexibility index (Phi) is 6.34. The number of anilines is 1. The van der Waals surface area contributed by atoms with Gasteiger partial charge in [0.1, 0.15) is 5.75 Å². The Hall–Kier alpha value is -2.38. The standard InChI is InChI=1S/C24H30N2O4S/c1-18-16-19-8-4-5-9-22(19)26(18)24(27)13-10-20-17-21(11-12-23(20)30-2)31(28,29)25-14-6-3-7-15-25/h4-5,8-9,11-12,17-18H,3,6-7,10,13-16H2,1-2H3/t18-/m1/s1. The van der Waals surface area contributed by atoms with Crippen LogP contribution < -0.4 is 9.64 Å². The van der Waals surface area contributed by atoms with Gasteiger partial charge in [0.2, 0.25) is 15.9 Å². The summed E-state index contributed by atoms with van der Waals surface area (Å²) in [5.74, 6) is 0.657. The Morgan fingerprint density at radius 3 is 2.58 bits per heavy atom. The van der Waals surface area contributed by atoms with E-state index in [-0.39, 0.29) is 16.8 Å². The summed E-state index contributed by atoms with van der Waals surface area (Å²) in [7, 11) is -1.96. The summed E-state index contributed by atoms with van der Waals surface area (Å²) in [5.41, 5.74) is 2.91. The summed E-state index contributed by atoms with van der Waals surface area (Å²) < 4.78 is 33.2. The van der Waals surface area contributed by atoms with E-state index in [9.17, 15) is 13.2 Å². The van der Waals surface area contributed by atoms with Gasteiger partial charge in [0.25, 0.3) is 0 Å². The molecule has 6 nitrogen and oxygen atoms in total. The van der Waals surface area contributed by atoms with Crippen LogP contribution in [0.2, 0.25) is 0 Å². The van der Waals surface area contributed by atoms with Gasteiger partial charge in [-0.1, -0.05) is 24.6 Å². The summed E-state index contributed by atoms with van der Waals surface area (Å²) in [5, 5.41) is 0. The van der Waals surface area contributed by atoms with Gasteiger partial charge < -0.3 is 9.64 Å². The molecule has 7 heteroatoms. The lowest BCUT2D eigenvalue weighted by atomic mass is 10.1. The van der Waals surface area contributed by atoms with Crippen molar-refractivity contribution in [2.24, 2.45) is 0 Å². The molecule has 0 aliphatic carbocycles. The Balaban J connectivity index is 1.53. The van der Waals surface area contributed by atoms with E-state index in [4.69, 9.17) is 4.74 Å². The number of aryl methyl sites for hydroxylation is 1. The van der Waals surface area contributed by atoms with E-state index in [1.54, 1.807) is 29.6 Å². The minimum absolute atomic E-state index is 0.0452. The van der Waals surface area contributed by atoms with Gasteiger partial charge in [0.15, 0.2) is 0 Å². The largest absolute Gasteiger partial charge is 0.496 e. The SMILES string of the molecule is COc1ccc(S(=O)(=O)N2CCCCC2)cc1CCC(=O)N1c2ccccc2C[C@H]1C. The number of fused-ring (bicyclic) bond motifs is 1. The van der Waals surface area contributed by atoms with E-state index in [1.807, 2.05) is 23.1 Å². The first-order valence-electron chi connectivity index (χ1n) is 11.0. The third-order valence-corrected chi connectivity index (χ3v) is 8.18. The molecule has 2 heterocycles. The lowest BCUT2D eigenvalue weighted by Gasteiger charge is -2.26. The minimum atomic E-state index is -3.53. The van der Waals surface area contributed by atoms with Crippen LogP contribution in [0.3, 0.4) is 0 Å². The molecule has 2 aromatic carbocycles. The first-order valence-corrected chi connectivity index (χ1v) is 12.4. The number of hydrogen-bond donors (Lipinski definition) is 0. The van der Waals surface area contributed by atoms with Gasteiger partial charge in [-0.3, -0.25) is 4.79 Å². The molecular weight excluding hydrogens is 412 g/mol. The fraction of sp³-hybridized carbons (Fsp3) is 0.458. The van der Waals surface area contributed by atoms with Crippen molar-refractivity contribution in [2.45, 2.75) is 56.4 Å². The average Bonchev–Trinajstić information content (AvgIpc) is 3.13. The van der Waals surface area contributed by atoms with Gasteiger partial charge in [-0.25, -0.2) is 8.42 Å². The second-order valence-electron chi connectivity index (χ2n) is 8.38. The molecule has 0 aromatic heterocycles. The van der Waals surface area contributed by atoms with Crippen LogP contribution in [0.15, 0.2) is 47.4 Å². The van der Waals surface area contributed by atoms with Crippen molar-refractivity contribution in [3.63, 3.8) is 0 Å². The topological polar surface area (TPSA) is 66.9 Å². The van der Waals surface area contributed by atoms with Crippen molar-refractivity contribution in [1.29, 1.82) is 0 Å². The van der Waals surface area contributed by atoms with Gasteiger partial charge in [0, 0.05) is 31.2 Å². The zero-order valence-electron chi connectivity index (χ0n) is 18.2. The Labute approximate surface area is 184 Å². The molecule has 0 N–H and O–H groups in total. The molecule has 1 amide bonds. The van der Waals surface area contributed by atoms with Crippen LogP contribution >= 0.6 is 0 Å². The van der Waals surface area contributed by atoms with Crippen LogP contribution in [0.5, 0.6) is 5.75 Å². The van der Waals surface area contributed by atoms with Crippen molar-refractivity contribution >= 4 is 21.6 Å². The first-order chi connectivity index (χ1) is 14.9. The predicted molar refractivity (Wildman–Crippen MR) is 121 cm³/mol. The number of hydrogen-bond acceptors (Lipinski definition) is 4. The van der Waals surface area contributed by atoms with Gasteiger partial charge in [-0.05, 0) is 68.0 Å². The quantitative estimate of drug-likeness (QED) is 0.683. The summed E-state index contributed by atoms with van der Waals surface area (Å²) >= 11 is 0. The lowest BCUT2D eigenvalue weighted by molar-refractivity contribution is -0.118. The number of carbonyl (C=O) groups is 1. The van der Waals surface area contributed by atoms with E-state index >= 15 is 0 Å². The maximum Gasteiger partial charge on any atom is 0.243 e. The van der Waals surface area contributed by atoms with Crippen molar-refractivity contribution < 1.29 is 17.9 Å². The fourth-order valence-corrected chi connectivity index (χ4v) is 6.24. The van der Waals surface area contributed by atoms with E-state index < -0.39 is 10.0 Å². The van der Waals surface area contributed by atoms with Crippen LogP contribution in [-0.4, -0.2) is 44.9 Å². The molecule has 2 aliphatic heterocycles. The molecule has 2 aromatic rings. The number of para-hydroxylation sites is 1. The Morgan fingerprint density at radius 1 is 1.10 bits per heavy atom. The number of amides is 1. The number of sulfonamides is 1. The highest BCUT2D eigenvalue weighted by Gasteiger charge is 2.31.